The van der Waals surface area contributed by atoms with Crippen molar-refractivity contribution in [2.24, 2.45) is 0 Å². The zero-order valence-corrected chi connectivity index (χ0v) is 13.1. The van der Waals surface area contributed by atoms with Crippen LogP contribution in [-0.2, 0) is 21.2 Å². The Balaban J connectivity index is 1.85. The summed E-state index contributed by atoms with van der Waals surface area (Å²) in [5.74, 6) is -0.00406. The average Bonchev–Trinajstić information content (AvgIpc) is 2.48. The number of pyridine rings is 1. The van der Waals surface area contributed by atoms with E-state index in [1.165, 1.54) is 4.31 Å². The van der Waals surface area contributed by atoms with E-state index in [-0.39, 0.29) is 18.2 Å². The summed E-state index contributed by atoms with van der Waals surface area (Å²) in [4.78, 5) is 17.7. The molecule has 7 heteroatoms. The van der Waals surface area contributed by atoms with E-state index < -0.39 is 10.0 Å². The number of hydrogen-bond donors (Lipinski definition) is 0. The third-order valence-electron chi connectivity index (χ3n) is 3.68. The monoisotopic (exact) mass is 311 g/mol. The van der Waals surface area contributed by atoms with Gasteiger partial charge < -0.3 is 4.90 Å². The van der Waals surface area contributed by atoms with E-state index >= 15 is 0 Å². The van der Waals surface area contributed by atoms with E-state index in [2.05, 4.69) is 4.98 Å². The topological polar surface area (TPSA) is 70.6 Å². The first-order chi connectivity index (χ1) is 9.99. The molecule has 116 valence electrons. The Labute approximate surface area is 125 Å². The summed E-state index contributed by atoms with van der Waals surface area (Å²) in [7, 11) is -1.53. The van der Waals surface area contributed by atoms with Crippen LogP contribution in [0.15, 0.2) is 24.5 Å². The molecule has 1 aliphatic rings. The molecule has 0 spiro atoms. The Hall–Kier alpha value is -1.47. The van der Waals surface area contributed by atoms with Crippen molar-refractivity contribution in [3.63, 3.8) is 0 Å². The molecule has 0 radical (unpaired) electrons. The fourth-order valence-electron chi connectivity index (χ4n) is 2.26. The van der Waals surface area contributed by atoms with Crippen LogP contribution in [0.3, 0.4) is 0 Å². The standard InChI is InChI=1S/C14H21N3O3S/c1-16(10-6-13-4-7-15-8-5-13)14(18)12-17-9-2-3-11-21(17,19)20/h4-5,7-8H,2-3,6,9-12H2,1H3. The second kappa shape index (κ2) is 7.00. The number of likely N-dealkylation sites (N-methyl/N-ethyl adjacent to an activating group) is 1. The van der Waals surface area contributed by atoms with Gasteiger partial charge in [-0.25, -0.2) is 8.42 Å². The number of aromatic nitrogens is 1. The first-order valence-electron chi connectivity index (χ1n) is 7.10. The molecule has 2 heterocycles. The molecule has 0 aliphatic carbocycles. The van der Waals surface area contributed by atoms with Crippen molar-refractivity contribution in [3.8, 4) is 0 Å². The van der Waals surface area contributed by atoms with E-state index in [0.29, 0.717) is 19.5 Å². The van der Waals surface area contributed by atoms with Crippen LogP contribution in [0.25, 0.3) is 0 Å². The molecular weight excluding hydrogens is 290 g/mol. The van der Waals surface area contributed by atoms with Crippen molar-refractivity contribution >= 4 is 15.9 Å². The SMILES string of the molecule is CN(CCc1ccncc1)C(=O)CN1CCCCS1(=O)=O. The molecular formula is C14H21N3O3S. The fourth-order valence-corrected chi connectivity index (χ4v) is 3.80. The van der Waals surface area contributed by atoms with Gasteiger partial charge in [-0.15, -0.1) is 0 Å². The first kappa shape index (κ1) is 15.9. The number of nitrogens with zero attached hydrogens (tertiary/aromatic N) is 3. The number of sulfonamides is 1. The minimum absolute atomic E-state index is 0.0464. The first-order valence-corrected chi connectivity index (χ1v) is 8.70. The maximum Gasteiger partial charge on any atom is 0.237 e. The zero-order chi connectivity index (χ0) is 15.3. The van der Waals surface area contributed by atoms with E-state index in [0.717, 1.165) is 18.4 Å². The van der Waals surface area contributed by atoms with Crippen LogP contribution in [-0.4, -0.2) is 60.9 Å². The lowest BCUT2D eigenvalue weighted by molar-refractivity contribution is -0.130. The van der Waals surface area contributed by atoms with E-state index in [1.54, 1.807) is 24.3 Å². The molecule has 1 saturated heterocycles. The van der Waals surface area contributed by atoms with Crippen molar-refractivity contribution in [2.75, 3.05) is 32.4 Å². The van der Waals surface area contributed by atoms with Gasteiger partial charge in [0.2, 0.25) is 15.9 Å². The Morgan fingerprint density at radius 2 is 2.05 bits per heavy atom. The minimum atomic E-state index is -3.24. The Morgan fingerprint density at radius 3 is 2.71 bits per heavy atom. The number of carbonyl (C=O) groups excluding carboxylic acids is 1. The number of rotatable bonds is 5. The predicted molar refractivity (Wildman–Crippen MR) is 80.2 cm³/mol. The lowest BCUT2D eigenvalue weighted by Crippen LogP contribution is -2.45. The van der Waals surface area contributed by atoms with Crippen molar-refractivity contribution in [2.45, 2.75) is 19.3 Å². The van der Waals surface area contributed by atoms with Gasteiger partial charge in [-0.3, -0.25) is 9.78 Å². The van der Waals surface area contributed by atoms with Crippen LogP contribution in [0.2, 0.25) is 0 Å². The van der Waals surface area contributed by atoms with Crippen molar-refractivity contribution in [1.29, 1.82) is 0 Å². The van der Waals surface area contributed by atoms with Gasteiger partial charge >= 0.3 is 0 Å². The second-order valence-electron chi connectivity index (χ2n) is 5.28. The molecule has 1 aromatic heterocycles. The molecule has 1 fully saturated rings. The van der Waals surface area contributed by atoms with Crippen LogP contribution in [0.1, 0.15) is 18.4 Å². The smallest absolute Gasteiger partial charge is 0.237 e. The molecule has 1 aromatic rings. The molecule has 0 N–H and O–H groups in total. The summed E-state index contributed by atoms with van der Waals surface area (Å²) >= 11 is 0. The van der Waals surface area contributed by atoms with Crippen LogP contribution < -0.4 is 0 Å². The van der Waals surface area contributed by atoms with Gasteiger partial charge in [-0.05, 0) is 37.0 Å². The highest BCUT2D eigenvalue weighted by molar-refractivity contribution is 7.89. The molecule has 0 saturated carbocycles. The third kappa shape index (κ3) is 4.50. The summed E-state index contributed by atoms with van der Waals surface area (Å²) in [6, 6.07) is 3.82. The summed E-state index contributed by atoms with van der Waals surface area (Å²) in [5, 5.41) is 0. The van der Waals surface area contributed by atoms with Crippen molar-refractivity contribution in [3.05, 3.63) is 30.1 Å². The lowest BCUT2D eigenvalue weighted by Gasteiger charge is -2.27. The molecule has 0 atom stereocenters. The average molecular weight is 311 g/mol. The highest BCUT2D eigenvalue weighted by Gasteiger charge is 2.28. The van der Waals surface area contributed by atoms with Crippen molar-refractivity contribution in [1.82, 2.24) is 14.2 Å². The molecule has 0 unspecified atom stereocenters. The molecule has 6 nitrogen and oxygen atoms in total. The van der Waals surface area contributed by atoms with Crippen LogP contribution in [0, 0.1) is 0 Å². The van der Waals surface area contributed by atoms with Gasteiger partial charge in [0.15, 0.2) is 0 Å². The number of hydrogen-bond acceptors (Lipinski definition) is 4. The van der Waals surface area contributed by atoms with Gasteiger partial charge in [-0.2, -0.15) is 4.31 Å². The Bertz CT molecular complexity index is 574. The van der Waals surface area contributed by atoms with Gasteiger partial charge in [-0.1, -0.05) is 0 Å². The molecule has 1 amide bonds. The molecule has 2 rings (SSSR count). The highest BCUT2D eigenvalue weighted by atomic mass is 32.2. The fraction of sp³-hybridized carbons (Fsp3) is 0.571. The number of amides is 1. The predicted octanol–water partition coefficient (Wildman–Crippen LogP) is 0.508. The maximum atomic E-state index is 12.1. The largest absolute Gasteiger partial charge is 0.344 e. The quantitative estimate of drug-likeness (QED) is 0.794. The van der Waals surface area contributed by atoms with Crippen LogP contribution in [0.5, 0.6) is 0 Å². The van der Waals surface area contributed by atoms with E-state index in [4.69, 9.17) is 0 Å². The molecule has 1 aliphatic heterocycles. The summed E-state index contributed by atoms with van der Waals surface area (Å²) < 4.78 is 25.0. The number of carbonyl (C=O) groups is 1. The molecule has 21 heavy (non-hydrogen) atoms. The maximum absolute atomic E-state index is 12.1. The minimum Gasteiger partial charge on any atom is -0.344 e. The van der Waals surface area contributed by atoms with E-state index in [1.807, 2.05) is 12.1 Å². The normalized spacial score (nSPS) is 18.3. The summed E-state index contributed by atoms with van der Waals surface area (Å²) in [5.41, 5.74) is 1.11. The van der Waals surface area contributed by atoms with E-state index in [9.17, 15) is 13.2 Å². The van der Waals surface area contributed by atoms with Crippen molar-refractivity contribution < 1.29 is 13.2 Å². The van der Waals surface area contributed by atoms with Gasteiger partial charge in [0.05, 0.1) is 12.3 Å². The highest BCUT2D eigenvalue weighted by Crippen LogP contribution is 2.13. The van der Waals surface area contributed by atoms with Crippen LogP contribution >= 0.6 is 0 Å². The third-order valence-corrected chi connectivity index (χ3v) is 5.58. The van der Waals surface area contributed by atoms with Gasteiger partial charge in [0.1, 0.15) is 0 Å². The summed E-state index contributed by atoms with van der Waals surface area (Å²) in [6.07, 6.45) is 5.69. The molecule has 0 bridgehead atoms. The summed E-state index contributed by atoms with van der Waals surface area (Å²) in [6.45, 7) is 0.970. The lowest BCUT2D eigenvalue weighted by atomic mass is 10.2. The Morgan fingerprint density at radius 1 is 1.33 bits per heavy atom. The second-order valence-corrected chi connectivity index (χ2v) is 7.37. The zero-order valence-electron chi connectivity index (χ0n) is 12.2. The Kier molecular flexibility index (Phi) is 5.30. The van der Waals surface area contributed by atoms with Gasteiger partial charge in [0.25, 0.3) is 0 Å². The van der Waals surface area contributed by atoms with Crippen LogP contribution in [0.4, 0.5) is 0 Å². The molecule has 0 aromatic carbocycles. The van der Waals surface area contributed by atoms with Gasteiger partial charge in [0, 0.05) is 32.5 Å².